The topological polar surface area (TPSA) is 74.8 Å². The van der Waals surface area contributed by atoms with E-state index in [0.717, 1.165) is 42.3 Å². The third-order valence-electron chi connectivity index (χ3n) is 5.20. The lowest BCUT2D eigenvalue weighted by Crippen LogP contribution is -2.33. The first-order valence-corrected chi connectivity index (χ1v) is 10.9. The third kappa shape index (κ3) is 3.62. The standard InChI is InChI=1S/C18H23N3O2S2/c1-10-6-7-12-13(8-10)25-17-15(12)16(23)20-18(21-17)24-9-14(22)19-11-4-2-3-5-11/h10-11H,2-9H2,1H3,(H,19,22)(H,20,21,23)/t10-/m1/s1. The SMILES string of the molecule is C[C@@H]1CCc2c(sc3nc(SCC(=O)NC4CCCC4)[nH]c(=O)c23)C1. The molecule has 0 aromatic carbocycles. The number of aromatic amines is 1. The number of hydrogen-bond acceptors (Lipinski definition) is 5. The van der Waals surface area contributed by atoms with Crippen molar-refractivity contribution in [1.82, 2.24) is 15.3 Å². The maximum absolute atomic E-state index is 12.5. The Morgan fingerprint density at radius 3 is 2.96 bits per heavy atom. The minimum atomic E-state index is -0.0595. The van der Waals surface area contributed by atoms with Crippen molar-refractivity contribution in [1.29, 1.82) is 0 Å². The number of aromatic nitrogens is 2. The molecule has 0 saturated heterocycles. The molecule has 0 radical (unpaired) electrons. The molecule has 2 aromatic rings. The van der Waals surface area contributed by atoms with Crippen LogP contribution in [0.15, 0.2) is 9.95 Å². The van der Waals surface area contributed by atoms with Gasteiger partial charge in [0.1, 0.15) is 4.83 Å². The molecule has 0 bridgehead atoms. The fraction of sp³-hybridized carbons (Fsp3) is 0.611. The lowest BCUT2D eigenvalue weighted by molar-refractivity contribution is -0.119. The molecule has 0 unspecified atom stereocenters. The average molecular weight is 378 g/mol. The molecule has 0 spiro atoms. The Hall–Kier alpha value is -1.34. The number of nitrogens with zero attached hydrogens (tertiary/aromatic N) is 1. The van der Waals surface area contributed by atoms with Gasteiger partial charge in [-0.15, -0.1) is 11.3 Å². The molecule has 0 aliphatic heterocycles. The van der Waals surface area contributed by atoms with Gasteiger partial charge in [0, 0.05) is 10.9 Å². The monoisotopic (exact) mass is 377 g/mol. The predicted octanol–water partition coefficient (Wildman–Crippen LogP) is 3.26. The maximum atomic E-state index is 12.5. The highest BCUT2D eigenvalue weighted by Crippen LogP contribution is 2.36. The highest BCUT2D eigenvalue weighted by atomic mass is 32.2. The lowest BCUT2D eigenvalue weighted by atomic mass is 9.89. The van der Waals surface area contributed by atoms with Crippen molar-refractivity contribution in [3.8, 4) is 0 Å². The van der Waals surface area contributed by atoms with Crippen LogP contribution in [0.5, 0.6) is 0 Å². The smallest absolute Gasteiger partial charge is 0.260 e. The summed E-state index contributed by atoms with van der Waals surface area (Å²) in [4.78, 5) is 34.2. The molecule has 25 heavy (non-hydrogen) atoms. The van der Waals surface area contributed by atoms with Gasteiger partial charge in [-0.3, -0.25) is 9.59 Å². The fourth-order valence-corrected chi connectivity index (χ4v) is 5.98. The quantitative estimate of drug-likeness (QED) is 0.633. The number of fused-ring (bicyclic) bond motifs is 3. The largest absolute Gasteiger partial charge is 0.353 e. The van der Waals surface area contributed by atoms with Crippen LogP contribution in [0.2, 0.25) is 0 Å². The molecule has 1 atom stereocenters. The Kier molecular flexibility index (Phi) is 4.86. The van der Waals surface area contributed by atoms with Gasteiger partial charge in [-0.05, 0) is 43.6 Å². The van der Waals surface area contributed by atoms with E-state index in [2.05, 4.69) is 22.2 Å². The van der Waals surface area contributed by atoms with Gasteiger partial charge in [0.15, 0.2) is 5.16 Å². The minimum Gasteiger partial charge on any atom is -0.353 e. The molecule has 2 N–H and O–H groups in total. The second-order valence-corrected chi connectivity index (χ2v) is 9.29. The number of hydrogen-bond donors (Lipinski definition) is 2. The first kappa shape index (κ1) is 17.1. The predicted molar refractivity (Wildman–Crippen MR) is 103 cm³/mol. The van der Waals surface area contributed by atoms with Crippen LogP contribution in [-0.4, -0.2) is 27.7 Å². The summed E-state index contributed by atoms with van der Waals surface area (Å²) in [5.41, 5.74) is 1.14. The van der Waals surface area contributed by atoms with Crippen molar-refractivity contribution in [2.45, 2.75) is 63.1 Å². The van der Waals surface area contributed by atoms with Gasteiger partial charge >= 0.3 is 0 Å². The highest BCUT2D eigenvalue weighted by Gasteiger charge is 2.23. The van der Waals surface area contributed by atoms with Crippen molar-refractivity contribution in [3.05, 3.63) is 20.8 Å². The Morgan fingerprint density at radius 1 is 1.36 bits per heavy atom. The second-order valence-electron chi connectivity index (χ2n) is 7.24. The number of carbonyl (C=O) groups excluding carboxylic acids is 1. The molecule has 4 rings (SSSR count). The number of thiophene rings is 1. The summed E-state index contributed by atoms with van der Waals surface area (Å²) in [6.07, 6.45) is 7.71. The number of rotatable bonds is 4. The number of nitrogens with one attached hydrogen (secondary N) is 2. The van der Waals surface area contributed by atoms with E-state index >= 15 is 0 Å². The van der Waals surface area contributed by atoms with Crippen molar-refractivity contribution in [2.75, 3.05) is 5.75 Å². The molecule has 1 fully saturated rings. The van der Waals surface area contributed by atoms with Gasteiger partial charge in [0.25, 0.3) is 5.56 Å². The zero-order valence-electron chi connectivity index (χ0n) is 14.4. The van der Waals surface area contributed by atoms with E-state index in [1.165, 1.54) is 35.0 Å². The highest BCUT2D eigenvalue weighted by molar-refractivity contribution is 7.99. The first-order valence-electron chi connectivity index (χ1n) is 9.07. The summed E-state index contributed by atoms with van der Waals surface area (Å²) >= 11 is 2.96. The number of H-pyrrole nitrogens is 1. The molecule has 1 saturated carbocycles. The summed E-state index contributed by atoms with van der Waals surface area (Å²) in [6.45, 7) is 2.26. The van der Waals surface area contributed by atoms with Crippen LogP contribution >= 0.6 is 23.1 Å². The van der Waals surface area contributed by atoms with Crippen LogP contribution in [0.25, 0.3) is 10.2 Å². The first-order chi connectivity index (χ1) is 12.1. The molecule has 7 heteroatoms. The summed E-state index contributed by atoms with van der Waals surface area (Å²) in [5.74, 6) is 0.999. The molecular formula is C18H23N3O2S2. The molecule has 134 valence electrons. The van der Waals surface area contributed by atoms with E-state index in [1.54, 1.807) is 11.3 Å². The summed E-state index contributed by atoms with van der Waals surface area (Å²) in [6, 6.07) is 0.327. The number of carbonyl (C=O) groups is 1. The van der Waals surface area contributed by atoms with E-state index in [4.69, 9.17) is 0 Å². The van der Waals surface area contributed by atoms with Crippen molar-refractivity contribution in [3.63, 3.8) is 0 Å². The minimum absolute atomic E-state index is 0.0268. The van der Waals surface area contributed by atoms with E-state index in [-0.39, 0.29) is 11.5 Å². The van der Waals surface area contributed by atoms with Crippen LogP contribution in [0.1, 0.15) is 49.5 Å². The van der Waals surface area contributed by atoms with Crippen LogP contribution in [0.4, 0.5) is 0 Å². The second kappa shape index (κ2) is 7.11. The molecule has 2 aromatic heterocycles. The van der Waals surface area contributed by atoms with Crippen molar-refractivity contribution in [2.24, 2.45) is 5.92 Å². The number of amides is 1. The summed E-state index contributed by atoms with van der Waals surface area (Å²) < 4.78 is 0. The molecule has 2 heterocycles. The van der Waals surface area contributed by atoms with Gasteiger partial charge in [-0.1, -0.05) is 31.5 Å². The van der Waals surface area contributed by atoms with Gasteiger partial charge in [0.05, 0.1) is 11.1 Å². The van der Waals surface area contributed by atoms with E-state index < -0.39 is 0 Å². The Morgan fingerprint density at radius 2 is 2.16 bits per heavy atom. The van der Waals surface area contributed by atoms with Crippen LogP contribution in [-0.2, 0) is 17.6 Å². The van der Waals surface area contributed by atoms with E-state index in [1.807, 2.05) is 0 Å². The van der Waals surface area contributed by atoms with Gasteiger partial charge in [-0.2, -0.15) is 0 Å². The normalized spacial score (nSPS) is 20.8. The van der Waals surface area contributed by atoms with Gasteiger partial charge in [-0.25, -0.2) is 4.98 Å². The average Bonchev–Trinajstić information content (AvgIpc) is 3.19. The van der Waals surface area contributed by atoms with Crippen molar-refractivity contribution < 1.29 is 4.79 Å². The number of thioether (sulfide) groups is 1. The Labute approximate surface area is 155 Å². The summed E-state index contributed by atoms with van der Waals surface area (Å²) in [7, 11) is 0. The Bertz CT molecular complexity index is 852. The Balaban J connectivity index is 1.49. The van der Waals surface area contributed by atoms with Crippen LogP contribution < -0.4 is 10.9 Å². The van der Waals surface area contributed by atoms with E-state index in [0.29, 0.717) is 22.9 Å². The fourth-order valence-electron chi connectivity index (χ4n) is 3.87. The van der Waals surface area contributed by atoms with Crippen molar-refractivity contribution >= 4 is 39.2 Å². The summed E-state index contributed by atoms with van der Waals surface area (Å²) in [5, 5.41) is 4.39. The molecular weight excluding hydrogens is 354 g/mol. The van der Waals surface area contributed by atoms with Gasteiger partial charge < -0.3 is 10.3 Å². The van der Waals surface area contributed by atoms with Gasteiger partial charge in [0.2, 0.25) is 5.91 Å². The molecule has 5 nitrogen and oxygen atoms in total. The zero-order valence-corrected chi connectivity index (χ0v) is 16.0. The zero-order chi connectivity index (χ0) is 17.4. The van der Waals surface area contributed by atoms with Crippen LogP contribution in [0.3, 0.4) is 0 Å². The number of aryl methyl sites for hydroxylation is 1. The molecule has 2 aliphatic rings. The molecule has 1 amide bonds. The maximum Gasteiger partial charge on any atom is 0.260 e. The van der Waals surface area contributed by atoms with Crippen LogP contribution in [0, 0.1) is 5.92 Å². The lowest BCUT2D eigenvalue weighted by Gasteiger charge is -2.17. The molecule has 2 aliphatic carbocycles. The third-order valence-corrected chi connectivity index (χ3v) is 7.23. The van der Waals surface area contributed by atoms with E-state index in [9.17, 15) is 9.59 Å².